The van der Waals surface area contributed by atoms with E-state index in [-0.39, 0.29) is 17.2 Å². The number of carbonyl (C=O) groups is 1. The molecule has 10 heteroatoms. The van der Waals surface area contributed by atoms with Crippen molar-refractivity contribution in [1.82, 2.24) is 9.97 Å². The minimum atomic E-state index is -4.56. The number of halogens is 3. The second kappa shape index (κ2) is 8.83. The van der Waals surface area contributed by atoms with Crippen LogP contribution in [0.1, 0.15) is 27.2 Å². The van der Waals surface area contributed by atoms with Crippen molar-refractivity contribution in [2.45, 2.75) is 13.1 Å². The Bertz CT molecular complexity index is 1350. The van der Waals surface area contributed by atoms with Crippen molar-refractivity contribution in [1.29, 1.82) is 10.5 Å². The molecule has 1 fully saturated rings. The number of rotatable bonds is 4. The lowest BCUT2D eigenvalue weighted by Gasteiger charge is -2.36. The number of nitriles is 2. The Morgan fingerprint density at radius 1 is 1.15 bits per heavy atom. The highest BCUT2D eigenvalue weighted by Crippen LogP contribution is 2.32. The van der Waals surface area contributed by atoms with Crippen LogP contribution in [0.25, 0.3) is 11.1 Å². The normalized spacial score (nSPS) is 13.5. The largest absolute Gasteiger partial charge is 0.416 e. The van der Waals surface area contributed by atoms with Crippen molar-refractivity contribution in [2.75, 3.05) is 23.3 Å². The van der Waals surface area contributed by atoms with Crippen LogP contribution in [0.3, 0.4) is 0 Å². The monoisotopic (exact) mass is 462 g/mol. The van der Waals surface area contributed by atoms with Gasteiger partial charge in [-0.1, -0.05) is 6.07 Å². The van der Waals surface area contributed by atoms with E-state index >= 15 is 0 Å². The maximum Gasteiger partial charge on any atom is 0.416 e. The number of nitrogens with one attached hydrogen (secondary N) is 1. The van der Waals surface area contributed by atoms with E-state index in [1.54, 1.807) is 25.3 Å². The third-order valence-corrected chi connectivity index (χ3v) is 5.46. The molecule has 0 radical (unpaired) electrons. The molecule has 0 bridgehead atoms. The number of anilines is 2. The highest BCUT2D eigenvalue weighted by molar-refractivity contribution is 6.04. The van der Waals surface area contributed by atoms with E-state index in [0.717, 1.165) is 12.1 Å². The maximum absolute atomic E-state index is 13.0. The molecule has 0 aliphatic carbocycles. The van der Waals surface area contributed by atoms with Gasteiger partial charge in [-0.2, -0.15) is 23.7 Å². The molecule has 34 heavy (non-hydrogen) atoms. The van der Waals surface area contributed by atoms with Crippen molar-refractivity contribution in [2.24, 2.45) is 5.92 Å². The molecular formula is C24H17F3N6O. The first-order chi connectivity index (χ1) is 16.2. The molecule has 1 aliphatic heterocycles. The number of hydrogen-bond acceptors (Lipinski definition) is 6. The topological polar surface area (TPSA) is 106 Å². The third-order valence-electron chi connectivity index (χ3n) is 5.46. The molecule has 0 unspecified atom stereocenters. The molecule has 0 spiro atoms. The van der Waals surface area contributed by atoms with Gasteiger partial charge in [0.15, 0.2) is 0 Å². The third kappa shape index (κ3) is 4.52. The Morgan fingerprint density at radius 2 is 1.91 bits per heavy atom. The number of amides is 1. The molecule has 1 aliphatic rings. The fourth-order valence-electron chi connectivity index (χ4n) is 3.61. The van der Waals surface area contributed by atoms with Crippen molar-refractivity contribution >= 4 is 17.4 Å². The fraction of sp³-hybridized carbons (Fsp3) is 0.208. The molecule has 170 valence electrons. The summed E-state index contributed by atoms with van der Waals surface area (Å²) < 4.78 is 38.9. The van der Waals surface area contributed by atoms with Gasteiger partial charge >= 0.3 is 6.18 Å². The molecule has 1 aromatic carbocycles. The lowest BCUT2D eigenvalue weighted by molar-refractivity contribution is -0.137. The van der Waals surface area contributed by atoms with Crippen molar-refractivity contribution in [3.63, 3.8) is 0 Å². The molecule has 3 heterocycles. The van der Waals surface area contributed by atoms with Gasteiger partial charge in [0.05, 0.1) is 35.0 Å². The summed E-state index contributed by atoms with van der Waals surface area (Å²) in [5, 5.41) is 21.1. The molecule has 0 atom stereocenters. The summed E-state index contributed by atoms with van der Waals surface area (Å²) in [5.41, 5.74) is 1.39. The summed E-state index contributed by atoms with van der Waals surface area (Å²) >= 11 is 0. The summed E-state index contributed by atoms with van der Waals surface area (Å²) in [7, 11) is 0. The molecule has 1 saturated heterocycles. The minimum absolute atomic E-state index is 0.0865. The number of aromatic nitrogens is 2. The summed E-state index contributed by atoms with van der Waals surface area (Å²) in [5.74, 6) is -0.298. The van der Waals surface area contributed by atoms with Crippen molar-refractivity contribution in [3.05, 3.63) is 71.2 Å². The van der Waals surface area contributed by atoms with Gasteiger partial charge in [-0.05, 0) is 37.3 Å². The maximum atomic E-state index is 13.0. The summed E-state index contributed by atoms with van der Waals surface area (Å²) in [6, 6.07) is 11.7. The van der Waals surface area contributed by atoms with E-state index in [1.807, 2.05) is 4.90 Å². The van der Waals surface area contributed by atoms with Crippen LogP contribution >= 0.6 is 0 Å². The highest BCUT2D eigenvalue weighted by atomic mass is 19.4. The zero-order valence-electron chi connectivity index (χ0n) is 17.9. The zero-order valence-corrected chi connectivity index (χ0v) is 17.9. The Kier molecular flexibility index (Phi) is 5.91. The van der Waals surface area contributed by atoms with Gasteiger partial charge in [-0.15, -0.1) is 0 Å². The lowest BCUT2D eigenvalue weighted by atomic mass is 10.00. The SMILES string of the molecule is Cc1ncc(NC(=O)c2cccc(C(F)(F)F)c2)cc1-c1cnc(N2CC(C#N)C2)c(C#N)c1. The van der Waals surface area contributed by atoms with Gasteiger partial charge < -0.3 is 10.2 Å². The van der Waals surface area contributed by atoms with Crippen LogP contribution in [-0.4, -0.2) is 29.0 Å². The van der Waals surface area contributed by atoms with Crippen LogP contribution in [0.2, 0.25) is 0 Å². The summed E-state index contributed by atoms with van der Waals surface area (Å²) in [6.07, 6.45) is -1.57. The van der Waals surface area contributed by atoms with Crippen molar-refractivity contribution in [3.8, 4) is 23.3 Å². The zero-order chi connectivity index (χ0) is 24.5. The predicted octanol–water partition coefficient (Wildman–Crippen LogP) is 4.55. The standard InChI is InChI=1S/C24H17F3N6O/c1-14-21(18-5-17(9-29)22(31-10-18)33-12-15(8-28)13-33)7-20(11-30-14)32-23(34)16-3-2-4-19(6-16)24(25,26)27/h2-7,10-11,15H,12-13H2,1H3,(H,32,34). The first-order valence-corrected chi connectivity index (χ1v) is 10.2. The number of alkyl halides is 3. The molecule has 1 N–H and O–H groups in total. The average Bonchev–Trinajstić information content (AvgIpc) is 2.79. The first kappa shape index (κ1) is 22.7. The van der Waals surface area contributed by atoms with Gasteiger partial charge in [-0.25, -0.2) is 4.98 Å². The summed E-state index contributed by atoms with van der Waals surface area (Å²) in [6.45, 7) is 2.77. The van der Waals surface area contributed by atoms with E-state index in [4.69, 9.17) is 5.26 Å². The van der Waals surface area contributed by atoms with Gasteiger partial charge in [0.2, 0.25) is 0 Å². The van der Waals surface area contributed by atoms with E-state index in [1.165, 1.54) is 18.3 Å². The molecule has 2 aromatic heterocycles. The molecule has 3 aromatic rings. The Morgan fingerprint density at radius 3 is 2.59 bits per heavy atom. The van der Waals surface area contributed by atoms with Crippen LogP contribution in [0.4, 0.5) is 24.7 Å². The average molecular weight is 462 g/mol. The van der Waals surface area contributed by atoms with Gasteiger partial charge in [0, 0.05) is 41.7 Å². The second-order valence-corrected chi connectivity index (χ2v) is 7.83. The van der Waals surface area contributed by atoms with E-state index in [9.17, 15) is 23.2 Å². The van der Waals surface area contributed by atoms with E-state index < -0.39 is 17.6 Å². The van der Waals surface area contributed by atoms with Gasteiger partial charge in [0.1, 0.15) is 11.9 Å². The number of nitrogens with zero attached hydrogens (tertiary/aromatic N) is 5. The molecule has 1 amide bonds. The van der Waals surface area contributed by atoms with Crippen LogP contribution in [0.15, 0.2) is 48.8 Å². The van der Waals surface area contributed by atoms with Crippen LogP contribution in [0, 0.1) is 35.5 Å². The first-order valence-electron chi connectivity index (χ1n) is 10.2. The van der Waals surface area contributed by atoms with Crippen LogP contribution < -0.4 is 10.2 Å². The molecule has 4 rings (SSSR count). The number of carbonyl (C=O) groups excluding carboxylic acids is 1. The quantitative estimate of drug-likeness (QED) is 0.610. The van der Waals surface area contributed by atoms with Crippen LogP contribution in [-0.2, 0) is 6.18 Å². The molecule has 0 saturated carbocycles. The minimum Gasteiger partial charge on any atom is -0.353 e. The number of pyridine rings is 2. The predicted molar refractivity (Wildman–Crippen MR) is 118 cm³/mol. The molecular weight excluding hydrogens is 445 g/mol. The van der Waals surface area contributed by atoms with Gasteiger partial charge in [0.25, 0.3) is 5.91 Å². The second-order valence-electron chi connectivity index (χ2n) is 7.83. The van der Waals surface area contributed by atoms with Crippen LogP contribution in [0.5, 0.6) is 0 Å². The Hall–Kier alpha value is -4.44. The highest BCUT2D eigenvalue weighted by Gasteiger charge is 2.31. The smallest absolute Gasteiger partial charge is 0.353 e. The molecule has 7 nitrogen and oxygen atoms in total. The van der Waals surface area contributed by atoms with E-state index in [0.29, 0.717) is 41.3 Å². The Labute approximate surface area is 193 Å². The summed E-state index contributed by atoms with van der Waals surface area (Å²) in [4.78, 5) is 23.1. The Balaban J connectivity index is 1.59. The number of aryl methyl sites for hydroxylation is 1. The number of hydrogen-bond donors (Lipinski definition) is 1. The number of benzene rings is 1. The lowest BCUT2D eigenvalue weighted by Crippen LogP contribution is -2.46. The van der Waals surface area contributed by atoms with Crippen molar-refractivity contribution < 1.29 is 18.0 Å². The van der Waals surface area contributed by atoms with E-state index in [2.05, 4.69) is 27.4 Å². The fourth-order valence-corrected chi connectivity index (χ4v) is 3.61. The van der Waals surface area contributed by atoms with Gasteiger partial charge in [-0.3, -0.25) is 9.78 Å².